The Morgan fingerprint density at radius 3 is 2.55 bits per heavy atom. The van der Waals surface area contributed by atoms with E-state index in [4.69, 9.17) is 9.47 Å². The van der Waals surface area contributed by atoms with Crippen molar-refractivity contribution in [2.24, 2.45) is 0 Å². The standard InChI is InChI=1S/C16H23NO3/c1-4-13(7-6-8-16(18)20-5-2)17-14-9-11-15(19-3)12-10-14/h6,8-13,17H,4-5,7H2,1-3H3/b8-6+/t13-/m1/s1. The summed E-state index contributed by atoms with van der Waals surface area (Å²) in [5.41, 5.74) is 1.04. The maximum absolute atomic E-state index is 11.2. The molecular formula is C16H23NO3. The van der Waals surface area contributed by atoms with Crippen molar-refractivity contribution in [3.8, 4) is 5.75 Å². The molecule has 1 N–H and O–H groups in total. The number of ether oxygens (including phenoxy) is 2. The van der Waals surface area contributed by atoms with Crippen LogP contribution in [0, 0.1) is 0 Å². The number of hydrogen-bond donors (Lipinski definition) is 1. The summed E-state index contributed by atoms with van der Waals surface area (Å²) < 4.78 is 9.97. The highest BCUT2D eigenvalue weighted by molar-refractivity contribution is 5.81. The first-order chi connectivity index (χ1) is 9.69. The van der Waals surface area contributed by atoms with Gasteiger partial charge in [0.05, 0.1) is 13.7 Å². The third-order valence-corrected chi connectivity index (χ3v) is 2.91. The van der Waals surface area contributed by atoms with E-state index < -0.39 is 0 Å². The Labute approximate surface area is 120 Å². The van der Waals surface area contributed by atoms with Crippen molar-refractivity contribution in [1.29, 1.82) is 0 Å². The predicted molar refractivity (Wildman–Crippen MR) is 81.1 cm³/mol. The number of nitrogens with one attached hydrogen (secondary N) is 1. The molecule has 1 atom stereocenters. The van der Waals surface area contributed by atoms with Crippen molar-refractivity contribution in [3.05, 3.63) is 36.4 Å². The lowest BCUT2D eigenvalue weighted by Gasteiger charge is -2.16. The lowest BCUT2D eigenvalue weighted by atomic mass is 10.1. The van der Waals surface area contributed by atoms with Gasteiger partial charge in [0.25, 0.3) is 0 Å². The van der Waals surface area contributed by atoms with Gasteiger partial charge in [0, 0.05) is 17.8 Å². The fraction of sp³-hybridized carbons (Fsp3) is 0.438. The van der Waals surface area contributed by atoms with Crippen molar-refractivity contribution >= 4 is 11.7 Å². The van der Waals surface area contributed by atoms with E-state index in [2.05, 4.69) is 12.2 Å². The molecule has 0 spiro atoms. The Balaban J connectivity index is 2.47. The molecule has 1 rings (SSSR count). The highest BCUT2D eigenvalue weighted by atomic mass is 16.5. The van der Waals surface area contributed by atoms with Gasteiger partial charge in [-0.2, -0.15) is 0 Å². The van der Waals surface area contributed by atoms with Gasteiger partial charge in [0.1, 0.15) is 5.75 Å². The summed E-state index contributed by atoms with van der Waals surface area (Å²) in [5.74, 6) is 0.553. The van der Waals surface area contributed by atoms with Crippen LogP contribution in [-0.2, 0) is 9.53 Å². The molecule has 0 saturated carbocycles. The Morgan fingerprint density at radius 2 is 2.00 bits per heavy atom. The summed E-state index contributed by atoms with van der Waals surface area (Å²) in [5, 5.41) is 3.43. The van der Waals surface area contributed by atoms with Gasteiger partial charge in [-0.3, -0.25) is 0 Å². The van der Waals surface area contributed by atoms with Crippen LogP contribution in [0.1, 0.15) is 26.7 Å². The van der Waals surface area contributed by atoms with E-state index in [0.29, 0.717) is 6.61 Å². The first-order valence-electron chi connectivity index (χ1n) is 6.93. The van der Waals surface area contributed by atoms with Gasteiger partial charge in [-0.15, -0.1) is 0 Å². The number of benzene rings is 1. The monoisotopic (exact) mass is 277 g/mol. The first-order valence-corrected chi connectivity index (χ1v) is 6.93. The molecule has 0 unspecified atom stereocenters. The number of esters is 1. The zero-order chi connectivity index (χ0) is 14.8. The summed E-state index contributed by atoms with van der Waals surface area (Å²) in [6.07, 6.45) is 5.09. The van der Waals surface area contributed by atoms with Gasteiger partial charge in [-0.05, 0) is 44.0 Å². The van der Waals surface area contributed by atoms with Gasteiger partial charge in [-0.1, -0.05) is 13.0 Å². The summed E-state index contributed by atoms with van der Waals surface area (Å²) >= 11 is 0. The van der Waals surface area contributed by atoms with E-state index in [-0.39, 0.29) is 12.0 Å². The predicted octanol–water partition coefficient (Wildman–Crippen LogP) is 3.40. The van der Waals surface area contributed by atoms with E-state index in [0.717, 1.165) is 24.3 Å². The quantitative estimate of drug-likeness (QED) is 0.584. The molecule has 0 amide bonds. The molecule has 0 heterocycles. The maximum Gasteiger partial charge on any atom is 0.330 e. The third kappa shape index (κ3) is 5.78. The molecule has 0 saturated heterocycles. The minimum Gasteiger partial charge on any atom is -0.497 e. The van der Waals surface area contributed by atoms with Gasteiger partial charge < -0.3 is 14.8 Å². The normalized spacial score (nSPS) is 12.2. The highest BCUT2D eigenvalue weighted by Crippen LogP contribution is 2.17. The second kappa shape index (κ2) is 9.02. The Morgan fingerprint density at radius 1 is 1.30 bits per heavy atom. The Bertz CT molecular complexity index is 426. The van der Waals surface area contributed by atoms with Crippen molar-refractivity contribution < 1.29 is 14.3 Å². The summed E-state index contributed by atoms with van der Waals surface area (Å²) in [6, 6.07) is 8.09. The largest absolute Gasteiger partial charge is 0.497 e. The van der Waals surface area contributed by atoms with Crippen LogP contribution in [0.2, 0.25) is 0 Å². The molecule has 1 aromatic carbocycles. The number of rotatable bonds is 8. The molecule has 1 aromatic rings. The SMILES string of the molecule is CCOC(=O)/C=C/C[C@@H](CC)Nc1ccc(OC)cc1. The zero-order valence-corrected chi connectivity index (χ0v) is 12.4. The van der Waals surface area contributed by atoms with Crippen LogP contribution < -0.4 is 10.1 Å². The number of anilines is 1. The van der Waals surface area contributed by atoms with Gasteiger partial charge in [0.15, 0.2) is 0 Å². The lowest BCUT2D eigenvalue weighted by Crippen LogP contribution is -2.17. The van der Waals surface area contributed by atoms with E-state index >= 15 is 0 Å². The van der Waals surface area contributed by atoms with Crippen LogP contribution in [0.4, 0.5) is 5.69 Å². The minimum atomic E-state index is -0.285. The molecule has 0 aliphatic heterocycles. The molecule has 0 aliphatic rings. The molecule has 0 radical (unpaired) electrons. The number of methoxy groups -OCH3 is 1. The van der Waals surface area contributed by atoms with E-state index in [9.17, 15) is 4.79 Å². The number of carbonyl (C=O) groups excluding carboxylic acids is 1. The molecule has 110 valence electrons. The number of hydrogen-bond acceptors (Lipinski definition) is 4. The van der Waals surface area contributed by atoms with Gasteiger partial charge in [-0.25, -0.2) is 4.79 Å². The maximum atomic E-state index is 11.2. The Hall–Kier alpha value is -1.97. The van der Waals surface area contributed by atoms with Crippen molar-refractivity contribution in [2.45, 2.75) is 32.7 Å². The summed E-state index contributed by atoms with van der Waals surface area (Å²) in [4.78, 5) is 11.2. The Kier molecular flexibility index (Phi) is 7.25. The summed E-state index contributed by atoms with van der Waals surface area (Å²) in [6.45, 7) is 4.32. The molecule has 4 heteroatoms. The molecule has 0 bridgehead atoms. The summed E-state index contributed by atoms with van der Waals surface area (Å²) in [7, 11) is 1.65. The fourth-order valence-electron chi connectivity index (χ4n) is 1.77. The molecule has 20 heavy (non-hydrogen) atoms. The van der Waals surface area contributed by atoms with E-state index in [1.807, 2.05) is 30.3 Å². The zero-order valence-electron chi connectivity index (χ0n) is 12.4. The molecular weight excluding hydrogens is 254 g/mol. The fourth-order valence-corrected chi connectivity index (χ4v) is 1.77. The highest BCUT2D eigenvalue weighted by Gasteiger charge is 2.04. The molecule has 0 fully saturated rings. The lowest BCUT2D eigenvalue weighted by molar-refractivity contribution is -0.137. The van der Waals surface area contributed by atoms with Crippen LogP contribution >= 0.6 is 0 Å². The smallest absolute Gasteiger partial charge is 0.330 e. The molecule has 4 nitrogen and oxygen atoms in total. The second-order valence-corrected chi connectivity index (χ2v) is 4.37. The van der Waals surface area contributed by atoms with Crippen LogP contribution in [-0.4, -0.2) is 25.7 Å². The first kappa shape index (κ1) is 16.1. The van der Waals surface area contributed by atoms with E-state index in [1.165, 1.54) is 6.08 Å². The van der Waals surface area contributed by atoms with Crippen molar-refractivity contribution in [2.75, 3.05) is 19.0 Å². The third-order valence-electron chi connectivity index (χ3n) is 2.91. The van der Waals surface area contributed by atoms with Crippen LogP contribution in [0.3, 0.4) is 0 Å². The molecule has 0 aromatic heterocycles. The topological polar surface area (TPSA) is 47.6 Å². The van der Waals surface area contributed by atoms with Gasteiger partial charge in [0.2, 0.25) is 0 Å². The second-order valence-electron chi connectivity index (χ2n) is 4.37. The van der Waals surface area contributed by atoms with E-state index in [1.54, 1.807) is 14.0 Å². The van der Waals surface area contributed by atoms with Crippen LogP contribution in [0.25, 0.3) is 0 Å². The average Bonchev–Trinajstić information content (AvgIpc) is 2.47. The van der Waals surface area contributed by atoms with Crippen molar-refractivity contribution in [3.63, 3.8) is 0 Å². The van der Waals surface area contributed by atoms with Gasteiger partial charge >= 0.3 is 5.97 Å². The number of carbonyl (C=O) groups is 1. The minimum absolute atomic E-state index is 0.285. The average molecular weight is 277 g/mol. The van der Waals surface area contributed by atoms with Crippen LogP contribution in [0.5, 0.6) is 5.75 Å². The van der Waals surface area contributed by atoms with Crippen LogP contribution in [0.15, 0.2) is 36.4 Å². The molecule has 0 aliphatic carbocycles. The van der Waals surface area contributed by atoms with Crippen molar-refractivity contribution in [1.82, 2.24) is 0 Å².